The molecule has 0 unspecified atom stereocenters. The molecule has 7 nitrogen and oxygen atoms in total. The van der Waals surface area contributed by atoms with E-state index < -0.39 is 0 Å². The van der Waals surface area contributed by atoms with Crippen LogP contribution in [0.3, 0.4) is 0 Å². The molecular weight excluding hydrogens is 374 g/mol. The highest BCUT2D eigenvalue weighted by Gasteiger charge is 2.11. The average Bonchev–Trinajstić information content (AvgIpc) is 3.41. The first-order chi connectivity index (χ1) is 13.7. The monoisotopic (exact) mass is 391 g/mol. The summed E-state index contributed by atoms with van der Waals surface area (Å²) in [6, 6.07) is 16.6. The van der Waals surface area contributed by atoms with Gasteiger partial charge in [-0.3, -0.25) is 19.3 Å². The smallest absolute Gasteiger partial charge is 0.271 e. The number of nitrogens with one attached hydrogen (secondary N) is 2. The molecule has 0 bridgehead atoms. The third-order valence-corrected chi connectivity index (χ3v) is 5.09. The second kappa shape index (κ2) is 8.01. The molecule has 3 aromatic heterocycles. The number of carbonyl (C=O) groups is 1. The van der Waals surface area contributed by atoms with Gasteiger partial charge in [-0.2, -0.15) is 5.10 Å². The fourth-order valence-electron chi connectivity index (χ4n) is 2.74. The lowest BCUT2D eigenvalue weighted by molar-refractivity contribution is 0.0947. The maximum absolute atomic E-state index is 12.3. The van der Waals surface area contributed by atoms with E-state index in [1.807, 2.05) is 47.8 Å². The summed E-state index contributed by atoms with van der Waals surface area (Å²) in [6.07, 6.45) is 1.50. The van der Waals surface area contributed by atoms with Crippen LogP contribution in [0.2, 0.25) is 0 Å². The molecular formula is C20H17N5O2S. The maximum Gasteiger partial charge on any atom is 0.271 e. The highest BCUT2D eigenvalue weighted by molar-refractivity contribution is 7.13. The summed E-state index contributed by atoms with van der Waals surface area (Å²) in [6.45, 7) is 0.626. The minimum atomic E-state index is -0.291. The van der Waals surface area contributed by atoms with E-state index in [-0.39, 0.29) is 11.5 Å². The summed E-state index contributed by atoms with van der Waals surface area (Å²) in [4.78, 5) is 29.9. The zero-order valence-electron chi connectivity index (χ0n) is 14.8. The Morgan fingerprint density at radius 1 is 1.14 bits per heavy atom. The van der Waals surface area contributed by atoms with Gasteiger partial charge in [-0.25, -0.2) is 4.98 Å². The molecule has 0 radical (unpaired) electrons. The van der Waals surface area contributed by atoms with E-state index >= 15 is 0 Å². The maximum atomic E-state index is 12.3. The quantitative estimate of drug-likeness (QED) is 0.529. The highest BCUT2D eigenvalue weighted by atomic mass is 32.1. The molecule has 4 aromatic rings. The summed E-state index contributed by atoms with van der Waals surface area (Å²) >= 11 is 1.57. The largest absolute Gasteiger partial charge is 0.349 e. The topological polar surface area (TPSA) is 92.7 Å². The summed E-state index contributed by atoms with van der Waals surface area (Å²) in [5.41, 5.74) is 2.47. The standard InChI is InChI=1S/C20H17N5O2S/c26-19-12-15(14-5-2-1-3-6-14)22-13-25(19)9-8-21-20(27)17-11-16(23-24-17)18-7-4-10-28-18/h1-7,10-13H,8-9H2,(H,21,27)(H,23,24). The van der Waals surface area contributed by atoms with Crippen LogP contribution in [0.4, 0.5) is 0 Å². The summed E-state index contributed by atoms with van der Waals surface area (Å²) in [7, 11) is 0. The van der Waals surface area contributed by atoms with Gasteiger partial charge in [0.05, 0.1) is 22.6 Å². The minimum Gasteiger partial charge on any atom is -0.349 e. The van der Waals surface area contributed by atoms with Gasteiger partial charge in [0.1, 0.15) is 0 Å². The Kier molecular flexibility index (Phi) is 5.11. The van der Waals surface area contributed by atoms with Gasteiger partial charge in [-0.15, -0.1) is 11.3 Å². The van der Waals surface area contributed by atoms with Gasteiger partial charge in [-0.1, -0.05) is 36.4 Å². The molecule has 0 saturated carbocycles. The van der Waals surface area contributed by atoms with Gasteiger partial charge in [0.25, 0.3) is 11.5 Å². The van der Waals surface area contributed by atoms with E-state index in [2.05, 4.69) is 20.5 Å². The van der Waals surface area contributed by atoms with Crippen molar-refractivity contribution in [3.05, 3.63) is 82.4 Å². The number of H-pyrrole nitrogens is 1. The number of hydrogen-bond acceptors (Lipinski definition) is 5. The number of nitrogens with zero attached hydrogens (tertiary/aromatic N) is 3. The normalized spacial score (nSPS) is 10.7. The first kappa shape index (κ1) is 17.9. The van der Waals surface area contributed by atoms with Crippen molar-refractivity contribution in [3.63, 3.8) is 0 Å². The fraction of sp³-hybridized carbons (Fsp3) is 0.100. The lowest BCUT2D eigenvalue weighted by Gasteiger charge is -2.07. The van der Waals surface area contributed by atoms with Crippen molar-refractivity contribution in [2.45, 2.75) is 6.54 Å². The molecule has 8 heteroatoms. The molecule has 3 heterocycles. The number of thiophene rings is 1. The van der Waals surface area contributed by atoms with Crippen LogP contribution in [0, 0.1) is 0 Å². The molecule has 0 saturated heterocycles. The molecule has 0 fully saturated rings. The van der Waals surface area contributed by atoms with Gasteiger partial charge in [0.2, 0.25) is 0 Å². The predicted molar refractivity (Wildman–Crippen MR) is 108 cm³/mol. The molecule has 1 amide bonds. The van der Waals surface area contributed by atoms with Crippen molar-refractivity contribution < 1.29 is 4.79 Å². The Hall–Kier alpha value is -3.52. The van der Waals surface area contributed by atoms with Crippen LogP contribution in [-0.2, 0) is 6.54 Å². The van der Waals surface area contributed by atoms with Crippen LogP contribution >= 0.6 is 11.3 Å². The third kappa shape index (κ3) is 3.91. The number of rotatable bonds is 6. The number of hydrogen-bond donors (Lipinski definition) is 2. The molecule has 0 aliphatic carbocycles. The first-order valence-electron chi connectivity index (χ1n) is 8.70. The molecule has 1 aromatic carbocycles. The van der Waals surface area contributed by atoms with Crippen LogP contribution in [0.25, 0.3) is 21.8 Å². The SMILES string of the molecule is O=C(NCCn1cnc(-c2ccccc2)cc1=O)c1cc(-c2cccs2)[nH]n1. The third-order valence-electron chi connectivity index (χ3n) is 4.18. The zero-order valence-corrected chi connectivity index (χ0v) is 15.6. The number of aromatic nitrogens is 4. The Bertz CT molecular complexity index is 1130. The Morgan fingerprint density at radius 3 is 2.75 bits per heavy atom. The molecule has 0 spiro atoms. The predicted octanol–water partition coefficient (Wildman–Crippen LogP) is 2.79. The van der Waals surface area contributed by atoms with E-state index in [1.54, 1.807) is 17.4 Å². The molecule has 0 atom stereocenters. The molecule has 28 heavy (non-hydrogen) atoms. The van der Waals surface area contributed by atoms with E-state index in [9.17, 15) is 9.59 Å². The van der Waals surface area contributed by atoms with Crippen molar-refractivity contribution in [1.82, 2.24) is 25.1 Å². The van der Waals surface area contributed by atoms with Crippen molar-refractivity contribution in [1.29, 1.82) is 0 Å². The molecule has 140 valence electrons. The van der Waals surface area contributed by atoms with Gasteiger partial charge in [0, 0.05) is 24.7 Å². The Morgan fingerprint density at radius 2 is 2.00 bits per heavy atom. The van der Waals surface area contributed by atoms with E-state index in [0.717, 1.165) is 16.1 Å². The van der Waals surface area contributed by atoms with Crippen LogP contribution < -0.4 is 10.9 Å². The molecule has 2 N–H and O–H groups in total. The van der Waals surface area contributed by atoms with Gasteiger partial charge >= 0.3 is 0 Å². The highest BCUT2D eigenvalue weighted by Crippen LogP contribution is 2.22. The number of aromatic amines is 1. The average molecular weight is 391 g/mol. The number of carbonyl (C=O) groups excluding carboxylic acids is 1. The van der Waals surface area contributed by atoms with Crippen molar-refractivity contribution in [2.24, 2.45) is 0 Å². The van der Waals surface area contributed by atoms with E-state index in [1.165, 1.54) is 17.0 Å². The van der Waals surface area contributed by atoms with Crippen molar-refractivity contribution in [3.8, 4) is 21.8 Å². The van der Waals surface area contributed by atoms with Crippen molar-refractivity contribution >= 4 is 17.2 Å². The minimum absolute atomic E-state index is 0.164. The lowest BCUT2D eigenvalue weighted by Crippen LogP contribution is -2.31. The summed E-state index contributed by atoms with van der Waals surface area (Å²) in [5.74, 6) is -0.291. The first-order valence-corrected chi connectivity index (χ1v) is 9.58. The van der Waals surface area contributed by atoms with E-state index in [0.29, 0.717) is 24.5 Å². The molecule has 0 aliphatic rings. The van der Waals surface area contributed by atoms with Crippen LogP contribution in [-0.4, -0.2) is 32.2 Å². The van der Waals surface area contributed by atoms with Crippen molar-refractivity contribution in [2.75, 3.05) is 6.54 Å². The summed E-state index contributed by atoms with van der Waals surface area (Å²) in [5, 5.41) is 11.6. The van der Waals surface area contributed by atoms with Crippen LogP contribution in [0.1, 0.15) is 10.5 Å². The van der Waals surface area contributed by atoms with Gasteiger partial charge in [0.15, 0.2) is 5.69 Å². The second-order valence-electron chi connectivity index (χ2n) is 6.07. The van der Waals surface area contributed by atoms with Crippen LogP contribution in [0.15, 0.2) is 71.1 Å². The summed E-state index contributed by atoms with van der Waals surface area (Å²) < 4.78 is 1.47. The van der Waals surface area contributed by atoms with Gasteiger partial charge < -0.3 is 5.32 Å². The van der Waals surface area contributed by atoms with Gasteiger partial charge in [-0.05, 0) is 17.5 Å². The lowest BCUT2D eigenvalue weighted by atomic mass is 10.1. The Labute approximate surface area is 164 Å². The second-order valence-corrected chi connectivity index (χ2v) is 7.02. The van der Waals surface area contributed by atoms with E-state index in [4.69, 9.17) is 0 Å². The zero-order chi connectivity index (χ0) is 19.3. The molecule has 4 rings (SSSR count). The number of benzene rings is 1. The Balaban J connectivity index is 1.36. The molecule has 0 aliphatic heterocycles. The fourth-order valence-corrected chi connectivity index (χ4v) is 3.43. The number of amides is 1. The van der Waals surface area contributed by atoms with Crippen LogP contribution in [0.5, 0.6) is 0 Å².